The maximum absolute atomic E-state index is 11.6. The molecule has 0 saturated heterocycles. The van der Waals surface area contributed by atoms with Crippen molar-refractivity contribution in [2.24, 2.45) is 0 Å². The molecule has 4 N–H and O–H groups in total. The largest absolute Gasteiger partial charge is 0.543 e. The second-order valence-corrected chi connectivity index (χ2v) is 7.74. The lowest BCUT2D eigenvalue weighted by Crippen LogP contribution is -2.34. The standard InChI is InChI=1S/C11H8ClN3O.C11H7N3O3.2CH4/c1-5-4-8-9-6(11(16)15-14-8)2-3-7(12)10(9)13-5;15-10-5-2-1-3-6-9(5)7(13-14-10)4-8(12-6)11(16)17;;/h2-4,14H,1H3,(H,15,16);1-4,13H,(H,14,15)(H,16,17);2*1H4/p-1. The zero-order chi connectivity index (χ0) is 23.3. The molecule has 4 aromatic rings. The van der Waals surface area contributed by atoms with E-state index in [0.717, 1.165) is 16.8 Å². The summed E-state index contributed by atoms with van der Waals surface area (Å²) in [7, 11) is 0. The van der Waals surface area contributed by atoms with Gasteiger partial charge in [-0.2, -0.15) is 0 Å². The summed E-state index contributed by atoms with van der Waals surface area (Å²) >= 11 is 6.08. The van der Waals surface area contributed by atoms with Crippen molar-refractivity contribution in [2.45, 2.75) is 21.8 Å². The number of anilines is 2. The lowest BCUT2D eigenvalue weighted by atomic mass is 10.0. The third-order valence-electron chi connectivity index (χ3n) is 5.19. The predicted molar refractivity (Wildman–Crippen MR) is 133 cm³/mol. The first kappa shape index (κ1) is 25.2. The van der Waals surface area contributed by atoms with Crippen LogP contribution in [0.1, 0.15) is 51.8 Å². The van der Waals surface area contributed by atoms with Crippen LogP contribution < -0.4 is 26.8 Å². The van der Waals surface area contributed by atoms with Gasteiger partial charge in [-0.25, -0.2) is 4.98 Å². The second kappa shape index (κ2) is 9.43. The first-order valence-electron chi connectivity index (χ1n) is 9.71. The minimum Gasteiger partial charge on any atom is -0.543 e. The van der Waals surface area contributed by atoms with Crippen molar-refractivity contribution in [3.8, 4) is 0 Å². The lowest BCUT2D eigenvalue weighted by Gasteiger charge is -2.19. The summed E-state index contributed by atoms with van der Waals surface area (Å²) in [6, 6.07) is 11.6. The fourth-order valence-corrected chi connectivity index (χ4v) is 3.99. The molecular formula is C24H22ClN6O4-. The Labute approximate surface area is 205 Å². The molecule has 2 amide bonds. The smallest absolute Gasteiger partial charge is 0.270 e. The molecule has 2 aromatic heterocycles. The van der Waals surface area contributed by atoms with Crippen LogP contribution >= 0.6 is 11.6 Å². The van der Waals surface area contributed by atoms with Crippen LogP contribution in [-0.2, 0) is 0 Å². The molecule has 2 aliphatic heterocycles. The van der Waals surface area contributed by atoms with Gasteiger partial charge < -0.3 is 9.90 Å². The van der Waals surface area contributed by atoms with Gasteiger partial charge in [0.05, 0.1) is 50.2 Å². The Balaban J connectivity index is 0.000000185. The van der Waals surface area contributed by atoms with E-state index in [9.17, 15) is 19.5 Å². The molecular weight excluding hydrogens is 472 g/mol. The molecule has 0 aliphatic carbocycles. The van der Waals surface area contributed by atoms with Crippen molar-refractivity contribution in [2.75, 3.05) is 10.9 Å². The number of hydrogen-bond acceptors (Lipinski definition) is 8. The minimum atomic E-state index is -1.35. The van der Waals surface area contributed by atoms with Gasteiger partial charge in [-0.05, 0) is 43.3 Å². The Morgan fingerprint density at radius 1 is 0.857 bits per heavy atom. The van der Waals surface area contributed by atoms with Gasteiger partial charge in [-0.1, -0.05) is 32.5 Å². The molecule has 11 heteroatoms. The summed E-state index contributed by atoms with van der Waals surface area (Å²) in [6.07, 6.45) is 0. The van der Waals surface area contributed by atoms with Crippen molar-refractivity contribution in [3.63, 3.8) is 0 Å². The number of pyridine rings is 2. The van der Waals surface area contributed by atoms with Crippen molar-refractivity contribution < 1.29 is 19.5 Å². The molecule has 0 unspecified atom stereocenters. The van der Waals surface area contributed by atoms with E-state index in [1.54, 1.807) is 30.3 Å². The molecule has 0 spiro atoms. The molecule has 35 heavy (non-hydrogen) atoms. The molecule has 180 valence electrons. The van der Waals surface area contributed by atoms with E-state index in [0.29, 0.717) is 38.3 Å². The number of nitrogens with one attached hydrogen (secondary N) is 4. The average Bonchev–Trinajstić information content (AvgIpc) is 2.80. The SMILES string of the molecule is C.C.Cc1cc2c3c(ccc(Cl)c3n1)C(=O)NN2.O=C([O-])c1cc2c3c(cccc3n1)C(=O)NN2. The van der Waals surface area contributed by atoms with Crippen LogP contribution in [0.15, 0.2) is 42.5 Å². The number of aryl methyl sites for hydroxylation is 1. The number of aromatic carboxylic acids is 1. The van der Waals surface area contributed by atoms with Crippen LogP contribution in [0, 0.1) is 6.92 Å². The molecule has 0 bridgehead atoms. The number of carbonyl (C=O) groups is 3. The summed E-state index contributed by atoms with van der Waals surface area (Å²) in [5.41, 5.74) is 14.7. The maximum atomic E-state index is 11.6. The summed E-state index contributed by atoms with van der Waals surface area (Å²) in [5, 5.41) is 12.7. The highest BCUT2D eigenvalue weighted by molar-refractivity contribution is 6.36. The Bertz CT molecular complexity index is 1520. The van der Waals surface area contributed by atoms with Crippen LogP contribution in [0.3, 0.4) is 0 Å². The number of carbonyl (C=O) groups excluding carboxylic acids is 3. The molecule has 2 aliphatic rings. The number of hydrogen-bond donors (Lipinski definition) is 4. The zero-order valence-electron chi connectivity index (χ0n) is 16.9. The van der Waals surface area contributed by atoms with Crippen molar-refractivity contribution in [1.29, 1.82) is 0 Å². The number of halogens is 1. The van der Waals surface area contributed by atoms with Gasteiger partial charge in [0.2, 0.25) is 0 Å². The number of hydrazine groups is 2. The van der Waals surface area contributed by atoms with Gasteiger partial charge in [0, 0.05) is 16.5 Å². The van der Waals surface area contributed by atoms with E-state index in [2.05, 4.69) is 31.7 Å². The predicted octanol–water partition coefficient (Wildman–Crippen LogP) is 3.21. The van der Waals surface area contributed by atoms with E-state index in [1.165, 1.54) is 6.07 Å². The molecule has 10 nitrogen and oxygen atoms in total. The third-order valence-corrected chi connectivity index (χ3v) is 5.50. The molecule has 0 radical (unpaired) electrons. The fraction of sp³-hybridized carbons (Fsp3) is 0.125. The number of benzene rings is 2. The molecule has 0 saturated carbocycles. The van der Waals surface area contributed by atoms with E-state index >= 15 is 0 Å². The van der Waals surface area contributed by atoms with E-state index in [1.807, 2.05) is 13.0 Å². The number of carboxylic acids is 1. The number of carboxylic acid groups (broad SMARTS) is 1. The van der Waals surface area contributed by atoms with Crippen LogP contribution in [0.4, 0.5) is 11.4 Å². The average molecular weight is 494 g/mol. The number of aromatic nitrogens is 2. The normalized spacial score (nSPS) is 12.5. The van der Waals surface area contributed by atoms with Gasteiger partial charge in [-0.3, -0.25) is 36.3 Å². The van der Waals surface area contributed by atoms with Gasteiger partial charge in [0.1, 0.15) is 0 Å². The number of rotatable bonds is 1. The lowest BCUT2D eigenvalue weighted by molar-refractivity contribution is -0.255. The van der Waals surface area contributed by atoms with Crippen LogP contribution in [0.5, 0.6) is 0 Å². The number of nitrogens with zero attached hydrogens (tertiary/aromatic N) is 2. The third kappa shape index (κ3) is 4.26. The monoisotopic (exact) mass is 493 g/mol. The van der Waals surface area contributed by atoms with Crippen LogP contribution in [0.25, 0.3) is 21.8 Å². The zero-order valence-corrected chi connectivity index (χ0v) is 17.7. The fourth-order valence-electron chi connectivity index (χ4n) is 3.79. The summed E-state index contributed by atoms with van der Waals surface area (Å²) in [4.78, 5) is 42.3. The second-order valence-electron chi connectivity index (χ2n) is 7.33. The first-order chi connectivity index (χ1) is 15.8. The van der Waals surface area contributed by atoms with Crippen LogP contribution in [-0.4, -0.2) is 27.8 Å². The van der Waals surface area contributed by atoms with Crippen LogP contribution in [0.2, 0.25) is 5.02 Å². The van der Waals surface area contributed by atoms with Crippen molar-refractivity contribution >= 4 is 62.6 Å². The quantitative estimate of drug-likeness (QED) is 0.316. The van der Waals surface area contributed by atoms with E-state index < -0.39 is 5.97 Å². The summed E-state index contributed by atoms with van der Waals surface area (Å²) < 4.78 is 0. The highest BCUT2D eigenvalue weighted by Crippen LogP contribution is 2.33. The van der Waals surface area contributed by atoms with Crippen molar-refractivity contribution in [3.05, 3.63) is 70.0 Å². The van der Waals surface area contributed by atoms with Gasteiger partial charge in [0.15, 0.2) is 0 Å². The summed E-state index contributed by atoms with van der Waals surface area (Å²) in [6.45, 7) is 1.89. The molecule has 0 atom stereocenters. The Hall–Kier alpha value is -4.44. The van der Waals surface area contributed by atoms with Crippen molar-refractivity contribution in [1.82, 2.24) is 20.8 Å². The van der Waals surface area contributed by atoms with E-state index in [4.69, 9.17) is 11.6 Å². The van der Waals surface area contributed by atoms with E-state index in [-0.39, 0.29) is 32.4 Å². The van der Waals surface area contributed by atoms with Gasteiger partial charge in [-0.15, -0.1) is 0 Å². The number of amides is 2. The Morgan fingerprint density at radius 2 is 1.49 bits per heavy atom. The van der Waals surface area contributed by atoms with Gasteiger partial charge >= 0.3 is 0 Å². The molecule has 4 heterocycles. The van der Waals surface area contributed by atoms with Gasteiger partial charge in [0.25, 0.3) is 11.8 Å². The highest BCUT2D eigenvalue weighted by atomic mass is 35.5. The Kier molecular flexibility index (Phi) is 6.79. The maximum Gasteiger partial charge on any atom is 0.270 e. The Morgan fingerprint density at radius 3 is 2.14 bits per heavy atom. The topological polar surface area (TPSA) is 148 Å². The highest BCUT2D eigenvalue weighted by Gasteiger charge is 2.21. The minimum absolute atomic E-state index is 0. The molecule has 2 aromatic carbocycles. The first-order valence-corrected chi connectivity index (χ1v) is 10.1. The molecule has 0 fully saturated rings. The molecule has 6 rings (SSSR count). The summed E-state index contributed by atoms with van der Waals surface area (Å²) in [5.74, 6) is -1.79.